The Morgan fingerprint density at radius 3 is 2.78 bits per heavy atom. The lowest BCUT2D eigenvalue weighted by atomic mass is 9.39. The van der Waals surface area contributed by atoms with E-state index in [-0.39, 0.29) is 40.3 Å². The molecule has 10 heteroatoms. The van der Waals surface area contributed by atoms with Gasteiger partial charge in [-0.15, -0.1) is 5.10 Å². The zero-order valence-corrected chi connectivity index (χ0v) is 17.4. The summed E-state index contributed by atoms with van der Waals surface area (Å²) >= 11 is 5.63. The molecule has 0 atom stereocenters. The number of nitrogens with one attached hydrogen (secondary N) is 1. The summed E-state index contributed by atoms with van der Waals surface area (Å²) in [5.41, 5.74) is -0.122. The molecule has 6 rings (SSSR count). The van der Waals surface area contributed by atoms with Gasteiger partial charge in [-0.1, -0.05) is 22.8 Å². The fourth-order valence-electron chi connectivity index (χ4n) is 4.39. The van der Waals surface area contributed by atoms with Gasteiger partial charge in [-0.25, -0.2) is 4.39 Å². The van der Waals surface area contributed by atoms with Crippen molar-refractivity contribution in [3.8, 4) is 23.6 Å². The molecule has 2 bridgehead atoms. The number of halogens is 2. The van der Waals surface area contributed by atoms with E-state index in [9.17, 15) is 9.18 Å². The van der Waals surface area contributed by atoms with Crippen LogP contribution >= 0.6 is 11.6 Å². The number of benzene rings is 2. The molecule has 2 aromatic carbocycles. The van der Waals surface area contributed by atoms with Crippen LogP contribution in [-0.4, -0.2) is 28.3 Å². The zero-order chi connectivity index (χ0) is 22.3. The van der Waals surface area contributed by atoms with Crippen molar-refractivity contribution in [1.82, 2.24) is 15.5 Å². The lowest BCUT2D eigenvalue weighted by Crippen LogP contribution is -2.77. The van der Waals surface area contributed by atoms with Crippen LogP contribution in [0, 0.1) is 17.1 Å². The number of nitriles is 1. The molecular weight excluding hydrogens is 439 g/mol. The average Bonchev–Trinajstić information content (AvgIpc) is 3.18. The number of hydrogen-bond acceptors (Lipinski definition) is 7. The van der Waals surface area contributed by atoms with Gasteiger partial charge < -0.3 is 19.2 Å². The molecule has 1 heterocycles. The minimum absolute atomic E-state index is 0.00139. The predicted octanol–water partition coefficient (Wildman–Crippen LogP) is 3.90. The van der Waals surface area contributed by atoms with Crippen molar-refractivity contribution >= 4 is 17.5 Å². The van der Waals surface area contributed by atoms with Gasteiger partial charge in [0.1, 0.15) is 17.3 Å². The van der Waals surface area contributed by atoms with Crippen molar-refractivity contribution in [2.75, 3.05) is 6.61 Å². The highest BCUT2D eigenvalue weighted by atomic mass is 35.5. The molecule has 3 aliphatic rings. The van der Waals surface area contributed by atoms with Gasteiger partial charge in [0, 0.05) is 11.6 Å². The topological polar surface area (TPSA) is 110 Å². The molecule has 8 nitrogen and oxygen atoms in total. The molecule has 0 radical (unpaired) electrons. The van der Waals surface area contributed by atoms with Gasteiger partial charge in [0.15, 0.2) is 6.61 Å². The highest BCUT2D eigenvalue weighted by Crippen LogP contribution is 2.67. The van der Waals surface area contributed by atoms with Crippen LogP contribution in [0.15, 0.2) is 46.9 Å². The second-order valence-corrected chi connectivity index (χ2v) is 8.53. The van der Waals surface area contributed by atoms with Crippen LogP contribution in [0.1, 0.15) is 30.7 Å². The molecule has 1 N–H and O–H groups in total. The van der Waals surface area contributed by atoms with E-state index in [0.717, 1.165) is 6.07 Å². The molecule has 0 saturated heterocycles. The zero-order valence-electron chi connectivity index (χ0n) is 16.6. The Balaban J connectivity index is 1.13. The number of ether oxygens (including phenoxy) is 2. The third kappa shape index (κ3) is 3.63. The van der Waals surface area contributed by atoms with Gasteiger partial charge in [0.25, 0.3) is 5.91 Å². The van der Waals surface area contributed by atoms with E-state index in [0.29, 0.717) is 36.5 Å². The maximum atomic E-state index is 13.5. The van der Waals surface area contributed by atoms with Crippen LogP contribution in [0.3, 0.4) is 0 Å². The first-order valence-electron chi connectivity index (χ1n) is 9.80. The molecule has 3 fully saturated rings. The second kappa shape index (κ2) is 7.50. The average molecular weight is 455 g/mol. The molecule has 0 spiro atoms. The monoisotopic (exact) mass is 454 g/mol. The first kappa shape index (κ1) is 20.3. The Bertz CT molecular complexity index is 1230. The Kier molecular flexibility index (Phi) is 4.75. The molecule has 3 saturated carbocycles. The van der Waals surface area contributed by atoms with E-state index < -0.39 is 5.82 Å². The number of rotatable bonds is 7. The lowest BCUT2D eigenvalue weighted by molar-refractivity contribution is -0.143. The maximum absolute atomic E-state index is 13.5. The molecule has 0 aliphatic heterocycles. The molecule has 0 unspecified atom stereocenters. The normalized spacial score (nSPS) is 22.8. The summed E-state index contributed by atoms with van der Waals surface area (Å²) in [6.45, 7) is -0.226. The van der Waals surface area contributed by atoms with Crippen molar-refractivity contribution in [1.29, 1.82) is 5.26 Å². The van der Waals surface area contributed by atoms with E-state index >= 15 is 0 Å². The van der Waals surface area contributed by atoms with Crippen molar-refractivity contribution < 1.29 is 23.1 Å². The fraction of sp³-hybridized carbons (Fsp3) is 0.273. The highest BCUT2D eigenvalue weighted by molar-refractivity contribution is 6.30. The Morgan fingerprint density at radius 1 is 1.22 bits per heavy atom. The SMILES string of the molecule is N#Cc1cccc(Oc2nnc(C34CC(NC(=O)COc5ccc(Cl)c(F)c5)(C3)C4)o2)c1. The number of carbonyl (C=O) groups is 1. The molecule has 162 valence electrons. The number of amides is 1. The minimum atomic E-state index is -0.605. The van der Waals surface area contributed by atoms with Crippen LogP contribution in [0.5, 0.6) is 17.6 Å². The third-order valence-electron chi connectivity index (χ3n) is 5.72. The maximum Gasteiger partial charge on any atom is 0.420 e. The van der Waals surface area contributed by atoms with Gasteiger partial charge in [-0.3, -0.25) is 4.79 Å². The highest BCUT2D eigenvalue weighted by Gasteiger charge is 2.71. The van der Waals surface area contributed by atoms with Crippen molar-refractivity contribution in [2.24, 2.45) is 0 Å². The van der Waals surface area contributed by atoms with Gasteiger partial charge in [0.2, 0.25) is 5.89 Å². The summed E-state index contributed by atoms with van der Waals surface area (Å²) in [7, 11) is 0. The van der Waals surface area contributed by atoms with Gasteiger partial charge in [-0.05, 0) is 49.6 Å². The van der Waals surface area contributed by atoms with Crippen LogP contribution in [-0.2, 0) is 10.2 Å². The number of hydrogen-bond donors (Lipinski definition) is 1. The van der Waals surface area contributed by atoms with Crippen LogP contribution < -0.4 is 14.8 Å². The molecule has 3 aromatic rings. The summed E-state index contributed by atoms with van der Waals surface area (Å²) in [5.74, 6) is 0.233. The minimum Gasteiger partial charge on any atom is -0.484 e. The molecule has 3 aliphatic carbocycles. The largest absolute Gasteiger partial charge is 0.484 e. The van der Waals surface area contributed by atoms with E-state index in [1.165, 1.54) is 12.1 Å². The van der Waals surface area contributed by atoms with E-state index in [2.05, 4.69) is 15.5 Å². The Morgan fingerprint density at radius 2 is 2.03 bits per heavy atom. The summed E-state index contributed by atoms with van der Waals surface area (Å²) in [6, 6.07) is 12.7. The standard InChI is InChI=1S/C22H16ClFN4O4/c23-16-5-4-14(7-17(16)24)30-9-18(29)26-22-10-21(11-22,12-22)19-27-28-20(32-19)31-15-3-1-2-13(6-15)8-25/h1-7H,9-12H2,(H,26,29). The number of nitrogens with zero attached hydrogens (tertiary/aromatic N) is 3. The van der Waals surface area contributed by atoms with Crippen molar-refractivity contribution in [3.63, 3.8) is 0 Å². The fourth-order valence-corrected chi connectivity index (χ4v) is 4.51. The summed E-state index contributed by atoms with van der Waals surface area (Å²) in [4.78, 5) is 12.3. The molecular formula is C22H16ClFN4O4. The molecule has 32 heavy (non-hydrogen) atoms. The first-order chi connectivity index (χ1) is 15.4. The Labute approximate surface area is 186 Å². The molecule has 1 amide bonds. The van der Waals surface area contributed by atoms with Gasteiger partial charge in [-0.2, -0.15) is 5.26 Å². The van der Waals surface area contributed by atoms with E-state index in [1.54, 1.807) is 24.3 Å². The van der Waals surface area contributed by atoms with E-state index in [4.69, 9.17) is 30.8 Å². The predicted molar refractivity (Wildman–Crippen MR) is 109 cm³/mol. The van der Waals surface area contributed by atoms with E-state index in [1.807, 2.05) is 6.07 Å². The van der Waals surface area contributed by atoms with Crippen LogP contribution in [0.2, 0.25) is 5.02 Å². The second-order valence-electron chi connectivity index (χ2n) is 8.12. The third-order valence-corrected chi connectivity index (χ3v) is 6.03. The van der Waals surface area contributed by atoms with Crippen LogP contribution in [0.25, 0.3) is 0 Å². The first-order valence-corrected chi connectivity index (χ1v) is 10.2. The van der Waals surface area contributed by atoms with Gasteiger partial charge >= 0.3 is 6.08 Å². The quantitative estimate of drug-likeness (QED) is 0.576. The molecule has 1 aromatic heterocycles. The lowest BCUT2D eigenvalue weighted by Gasteiger charge is -2.68. The summed E-state index contributed by atoms with van der Waals surface area (Å²) in [6.07, 6.45) is 2.02. The number of carbonyl (C=O) groups excluding carboxylic acids is 1. The van der Waals surface area contributed by atoms with Crippen molar-refractivity contribution in [2.45, 2.75) is 30.2 Å². The summed E-state index contributed by atoms with van der Waals surface area (Å²) in [5, 5.41) is 20.0. The smallest absolute Gasteiger partial charge is 0.420 e. The summed E-state index contributed by atoms with van der Waals surface area (Å²) < 4.78 is 30.0. The van der Waals surface area contributed by atoms with Gasteiger partial charge in [0.05, 0.1) is 22.1 Å². The van der Waals surface area contributed by atoms with Crippen molar-refractivity contribution in [3.05, 3.63) is 64.8 Å². The van der Waals surface area contributed by atoms with Crippen LogP contribution in [0.4, 0.5) is 4.39 Å². The number of aromatic nitrogens is 2. The Hall–Kier alpha value is -3.64.